The van der Waals surface area contributed by atoms with Crippen molar-refractivity contribution in [2.75, 3.05) is 0 Å². The van der Waals surface area contributed by atoms with E-state index in [4.69, 9.17) is 4.52 Å². The molecule has 0 spiro atoms. The van der Waals surface area contributed by atoms with Gasteiger partial charge in [0.25, 0.3) is 0 Å². The lowest BCUT2D eigenvalue weighted by atomic mass is 10.1. The molecular weight excluding hydrogens is 220 g/mol. The Labute approximate surface area is 97.8 Å². The Morgan fingerprint density at radius 1 is 1.59 bits per heavy atom. The summed E-state index contributed by atoms with van der Waals surface area (Å²) in [7, 11) is 0. The van der Waals surface area contributed by atoms with E-state index in [1.165, 1.54) is 12.5 Å². The van der Waals surface area contributed by atoms with Crippen LogP contribution in [0.15, 0.2) is 17.0 Å². The van der Waals surface area contributed by atoms with Gasteiger partial charge in [0.15, 0.2) is 12.1 Å². The van der Waals surface area contributed by atoms with Gasteiger partial charge in [0.05, 0.1) is 23.1 Å². The van der Waals surface area contributed by atoms with Crippen molar-refractivity contribution in [1.82, 2.24) is 10.1 Å². The van der Waals surface area contributed by atoms with Crippen molar-refractivity contribution in [3.63, 3.8) is 0 Å². The number of carbonyl (C=O) groups is 2. The van der Waals surface area contributed by atoms with Gasteiger partial charge in [0.2, 0.25) is 0 Å². The van der Waals surface area contributed by atoms with Gasteiger partial charge in [0, 0.05) is 12.0 Å². The number of nitrogens with one attached hydrogen (secondary N) is 1. The molecule has 5 heteroatoms. The first kappa shape index (κ1) is 11.3. The molecule has 0 fully saturated rings. The minimum Gasteiger partial charge on any atom is -0.364 e. The van der Waals surface area contributed by atoms with Crippen molar-refractivity contribution in [1.29, 1.82) is 0 Å². The summed E-state index contributed by atoms with van der Waals surface area (Å²) in [5.74, 6) is -0.0201. The first-order valence-electron chi connectivity index (χ1n) is 5.29. The molecule has 0 aliphatic carbocycles. The molecule has 0 amide bonds. The topological polar surface area (TPSA) is 76.0 Å². The number of carbonyl (C=O) groups excluding carboxylic acids is 2. The van der Waals surface area contributed by atoms with Crippen molar-refractivity contribution < 1.29 is 14.1 Å². The third-order valence-corrected chi connectivity index (χ3v) is 2.74. The summed E-state index contributed by atoms with van der Waals surface area (Å²) in [5.41, 5.74) is 2.86. The highest BCUT2D eigenvalue weighted by Gasteiger charge is 2.19. The maximum absolute atomic E-state index is 11.7. The third-order valence-electron chi connectivity index (χ3n) is 2.74. The van der Waals surface area contributed by atoms with Gasteiger partial charge in [-0.3, -0.25) is 9.59 Å². The van der Waals surface area contributed by atoms with Crippen molar-refractivity contribution in [3.8, 4) is 11.3 Å². The number of aromatic amines is 1. The molecule has 0 unspecified atom stereocenters. The van der Waals surface area contributed by atoms with Crippen molar-refractivity contribution >= 4 is 12.1 Å². The molecule has 0 saturated carbocycles. The highest BCUT2D eigenvalue weighted by atomic mass is 16.5. The largest absolute Gasteiger partial charge is 0.364 e. The molecule has 88 valence electrons. The molecule has 17 heavy (non-hydrogen) atoms. The number of H-pyrrole nitrogens is 1. The molecule has 5 nitrogen and oxygen atoms in total. The predicted octanol–water partition coefficient (Wildman–Crippen LogP) is 2.38. The van der Waals surface area contributed by atoms with Crippen LogP contribution in [-0.2, 0) is 0 Å². The van der Waals surface area contributed by atoms with Crippen molar-refractivity contribution in [2.24, 2.45) is 0 Å². The maximum Gasteiger partial charge on any atom is 0.179 e. The number of rotatable bonds is 4. The zero-order chi connectivity index (χ0) is 12.4. The molecule has 0 radical (unpaired) electrons. The van der Waals surface area contributed by atoms with Crippen LogP contribution in [0.3, 0.4) is 0 Å². The fourth-order valence-electron chi connectivity index (χ4n) is 1.77. The Bertz CT molecular complexity index is 553. The van der Waals surface area contributed by atoms with Crippen LogP contribution in [0.5, 0.6) is 0 Å². The number of hydrogen-bond acceptors (Lipinski definition) is 4. The van der Waals surface area contributed by atoms with Gasteiger partial charge in [-0.05, 0) is 12.5 Å². The highest BCUT2D eigenvalue weighted by Crippen LogP contribution is 2.26. The number of aldehydes is 1. The lowest BCUT2D eigenvalue weighted by Gasteiger charge is -1.94. The molecule has 0 bridgehead atoms. The lowest BCUT2D eigenvalue weighted by Crippen LogP contribution is -1.99. The summed E-state index contributed by atoms with van der Waals surface area (Å²) in [6.07, 6.45) is 4.06. The fraction of sp³-hybridized carbons (Fsp3) is 0.250. The molecule has 0 aliphatic heterocycles. The third kappa shape index (κ3) is 1.80. The first-order chi connectivity index (χ1) is 8.19. The van der Waals surface area contributed by atoms with Gasteiger partial charge in [-0.2, -0.15) is 0 Å². The van der Waals surface area contributed by atoms with Gasteiger partial charge in [-0.1, -0.05) is 12.1 Å². The number of nitrogens with zero attached hydrogens (tertiary/aromatic N) is 1. The van der Waals surface area contributed by atoms with E-state index in [1.54, 1.807) is 13.8 Å². The predicted molar refractivity (Wildman–Crippen MR) is 61.0 cm³/mol. The Morgan fingerprint density at radius 2 is 2.35 bits per heavy atom. The van der Waals surface area contributed by atoms with E-state index in [-0.39, 0.29) is 5.78 Å². The summed E-state index contributed by atoms with van der Waals surface area (Å²) in [5, 5.41) is 3.58. The molecule has 0 saturated heterocycles. The number of Topliss-reactive ketones (excluding diaryl/α,β-unsaturated/α-hetero) is 1. The lowest BCUT2D eigenvalue weighted by molar-refractivity contribution is 0.0983. The Kier molecular flexibility index (Phi) is 2.91. The van der Waals surface area contributed by atoms with E-state index in [0.29, 0.717) is 34.5 Å². The summed E-state index contributed by atoms with van der Waals surface area (Å²) in [4.78, 5) is 25.8. The average molecular weight is 232 g/mol. The molecule has 1 N–H and O–H groups in total. The Morgan fingerprint density at radius 3 is 2.88 bits per heavy atom. The first-order valence-corrected chi connectivity index (χ1v) is 5.29. The molecular formula is C12H12N2O3. The van der Waals surface area contributed by atoms with Gasteiger partial charge in [-0.15, -0.1) is 0 Å². The molecule has 0 aromatic carbocycles. The molecule has 2 heterocycles. The van der Waals surface area contributed by atoms with Crippen molar-refractivity contribution in [3.05, 3.63) is 29.3 Å². The fourth-order valence-corrected chi connectivity index (χ4v) is 1.77. The van der Waals surface area contributed by atoms with E-state index in [9.17, 15) is 9.59 Å². The minimum atomic E-state index is -0.0201. The van der Waals surface area contributed by atoms with Crippen LogP contribution in [0.25, 0.3) is 11.3 Å². The normalized spacial score (nSPS) is 10.5. The van der Waals surface area contributed by atoms with E-state index in [1.807, 2.05) is 0 Å². The van der Waals surface area contributed by atoms with Crippen LogP contribution in [0.2, 0.25) is 0 Å². The smallest absolute Gasteiger partial charge is 0.179 e. The number of aromatic nitrogens is 2. The zero-order valence-electron chi connectivity index (χ0n) is 9.61. The monoisotopic (exact) mass is 232 g/mol. The van der Waals surface area contributed by atoms with Crippen LogP contribution in [0.1, 0.15) is 39.8 Å². The second kappa shape index (κ2) is 4.37. The SMILES string of the molecule is CCC(=O)c1[nH]c(-c2cnoc2)c(C=O)c1C. The second-order valence-corrected chi connectivity index (χ2v) is 3.72. The summed E-state index contributed by atoms with van der Waals surface area (Å²) >= 11 is 0. The Hall–Kier alpha value is -2.17. The molecule has 0 aliphatic rings. The molecule has 0 atom stereocenters. The maximum atomic E-state index is 11.7. The molecule has 2 aromatic rings. The number of hydrogen-bond donors (Lipinski definition) is 1. The highest BCUT2D eigenvalue weighted by molar-refractivity contribution is 6.01. The Balaban J connectivity index is 2.61. The van der Waals surface area contributed by atoms with Crippen LogP contribution < -0.4 is 0 Å². The van der Waals surface area contributed by atoms with Crippen molar-refractivity contribution in [2.45, 2.75) is 20.3 Å². The zero-order valence-corrected chi connectivity index (χ0v) is 9.61. The summed E-state index contributed by atoms with van der Waals surface area (Å²) < 4.78 is 4.73. The van der Waals surface area contributed by atoms with Gasteiger partial charge in [-0.25, -0.2) is 0 Å². The molecule has 2 aromatic heterocycles. The van der Waals surface area contributed by atoms with Gasteiger partial charge < -0.3 is 9.51 Å². The summed E-state index contributed by atoms with van der Waals surface area (Å²) in [6, 6.07) is 0. The quantitative estimate of drug-likeness (QED) is 0.648. The van der Waals surface area contributed by atoms with Gasteiger partial charge in [0.1, 0.15) is 6.26 Å². The van der Waals surface area contributed by atoms with E-state index in [2.05, 4.69) is 10.1 Å². The van der Waals surface area contributed by atoms with Crippen LogP contribution >= 0.6 is 0 Å². The average Bonchev–Trinajstić information content (AvgIpc) is 2.95. The van der Waals surface area contributed by atoms with Crippen LogP contribution in [0, 0.1) is 6.92 Å². The van der Waals surface area contributed by atoms with E-state index >= 15 is 0 Å². The van der Waals surface area contributed by atoms with Crippen LogP contribution in [0.4, 0.5) is 0 Å². The van der Waals surface area contributed by atoms with Crippen LogP contribution in [-0.4, -0.2) is 22.2 Å². The van der Waals surface area contributed by atoms with E-state index in [0.717, 1.165) is 6.29 Å². The van der Waals surface area contributed by atoms with Gasteiger partial charge >= 0.3 is 0 Å². The minimum absolute atomic E-state index is 0.0201. The standard InChI is InChI=1S/C12H12N2O3/c1-3-10(16)11-7(2)9(5-15)12(14-11)8-4-13-17-6-8/h4-6,14H,3H2,1-2H3. The molecule has 2 rings (SSSR count). The summed E-state index contributed by atoms with van der Waals surface area (Å²) in [6.45, 7) is 3.53. The number of ketones is 1. The second-order valence-electron chi connectivity index (χ2n) is 3.72. The van der Waals surface area contributed by atoms with E-state index < -0.39 is 0 Å².